The van der Waals surface area contributed by atoms with E-state index < -0.39 is 0 Å². The van der Waals surface area contributed by atoms with E-state index >= 15 is 0 Å². The number of rotatable bonds is 3. The minimum Gasteiger partial charge on any atom is -0.339 e. The fourth-order valence-corrected chi connectivity index (χ4v) is 2.89. The maximum atomic E-state index is 5.39. The second-order valence-corrected chi connectivity index (χ2v) is 5.78. The molecule has 100 valence electrons. The molecule has 5 nitrogen and oxygen atoms in total. The largest absolute Gasteiger partial charge is 0.339 e. The fourth-order valence-electron chi connectivity index (χ4n) is 1.78. The van der Waals surface area contributed by atoms with Gasteiger partial charge in [-0.3, -0.25) is 0 Å². The molecule has 1 aromatic heterocycles. The van der Waals surface area contributed by atoms with Crippen LogP contribution in [-0.4, -0.2) is 9.97 Å². The number of anilines is 3. The van der Waals surface area contributed by atoms with Gasteiger partial charge in [0.25, 0.3) is 0 Å². The van der Waals surface area contributed by atoms with Crippen LogP contribution in [0.1, 0.15) is 11.1 Å². The first-order valence-electron chi connectivity index (χ1n) is 5.53. The zero-order valence-electron chi connectivity index (χ0n) is 10.5. The third-order valence-corrected chi connectivity index (χ3v) is 3.88. The third-order valence-electron chi connectivity index (χ3n) is 2.67. The van der Waals surface area contributed by atoms with Gasteiger partial charge in [-0.15, -0.1) is 0 Å². The smallest absolute Gasteiger partial charge is 0.159 e. The van der Waals surface area contributed by atoms with Crippen molar-refractivity contribution in [3.8, 4) is 0 Å². The second kappa shape index (κ2) is 5.85. The van der Waals surface area contributed by atoms with Crippen molar-refractivity contribution >= 4 is 49.2 Å². The Labute approximate surface area is 128 Å². The molecule has 0 unspecified atom stereocenters. The van der Waals surface area contributed by atoms with Crippen LogP contribution in [0.15, 0.2) is 27.4 Å². The first-order valence-corrected chi connectivity index (χ1v) is 7.12. The summed E-state index contributed by atoms with van der Waals surface area (Å²) >= 11 is 6.90. The normalized spacial score (nSPS) is 10.4. The van der Waals surface area contributed by atoms with Gasteiger partial charge in [-0.2, -0.15) is 0 Å². The van der Waals surface area contributed by atoms with Gasteiger partial charge in [0.05, 0.1) is 0 Å². The van der Waals surface area contributed by atoms with Crippen LogP contribution in [0.3, 0.4) is 0 Å². The van der Waals surface area contributed by atoms with E-state index in [1.165, 1.54) is 6.33 Å². The molecule has 0 amide bonds. The van der Waals surface area contributed by atoms with Crippen molar-refractivity contribution in [1.82, 2.24) is 9.97 Å². The zero-order valence-corrected chi connectivity index (χ0v) is 13.6. The van der Waals surface area contributed by atoms with Gasteiger partial charge < -0.3 is 10.7 Å². The number of nitrogens with zero attached hydrogens (tertiary/aromatic N) is 2. The first-order chi connectivity index (χ1) is 9.02. The van der Waals surface area contributed by atoms with Crippen LogP contribution < -0.4 is 16.6 Å². The van der Waals surface area contributed by atoms with Crippen LogP contribution in [0.25, 0.3) is 0 Å². The molecule has 7 heteroatoms. The van der Waals surface area contributed by atoms with Crippen LogP contribution in [0.5, 0.6) is 0 Å². The Morgan fingerprint density at radius 2 is 1.63 bits per heavy atom. The Kier molecular flexibility index (Phi) is 4.38. The van der Waals surface area contributed by atoms with E-state index in [0.29, 0.717) is 16.1 Å². The number of benzene rings is 1. The Morgan fingerprint density at radius 1 is 1.05 bits per heavy atom. The van der Waals surface area contributed by atoms with Crippen molar-refractivity contribution < 1.29 is 0 Å². The number of nitrogens with two attached hydrogens (primary N) is 1. The summed E-state index contributed by atoms with van der Waals surface area (Å²) in [4.78, 5) is 8.23. The molecule has 0 atom stereocenters. The minimum atomic E-state index is 0.532. The number of nitrogens with one attached hydrogen (secondary N) is 2. The molecule has 0 aliphatic carbocycles. The van der Waals surface area contributed by atoms with Crippen molar-refractivity contribution in [2.24, 2.45) is 5.84 Å². The third kappa shape index (κ3) is 3.05. The van der Waals surface area contributed by atoms with Gasteiger partial charge in [-0.1, -0.05) is 15.9 Å². The van der Waals surface area contributed by atoms with Crippen LogP contribution in [0, 0.1) is 13.8 Å². The van der Waals surface area contributed by atoms with Gasteiger partial charge in [-0.05, 0) is 53.0 Å². The van der Waals surface area contributed by atoms with Crippen molar-refractivity contribution in [3.05, 3.63) is 38.5 Å². The maximum Gasteiger partial charge on any atom is 0.159 e. The van der Waals surface area contributed by atoms with Crippen molar-refractivity contribution in [1.29, 1.82) is 0 Å². The minimum absolute atomic E-state index is 0.532. The second-order valence-electron chi connectivity index (χ2n) is 4.07. The molecule has 2 rings (SSSR count). The molecule has 0 spiro atoms. The molecule has 19 heavy (non-hydrogen) atoms. The number of nitrogen functional groups attached to an aromatic ring is 1. The average Bonchev–Trinajstić information content (AvgIpc) is 2.35. The number of aromatic nitrogens is 2. The molecule has 2 aromatic rings. The van der Waals surface area contributed by atoms with E-state index in [0.717, 1.165) is 21.3 Å². The average molecular weight is 387 g/mol. The lowest BCUT2D eigenvalue weighted by Gasteiger charge is -2.14. The summed E-state index contributed by atoms with van der Waals surface area (Å²) in [5.74, 6) is 6.58. The van der Waals surface area contributed by atoms with E-state index in [2.05, 4.69) is 52.6 Å². The zero-order chi connectivity index (χ0) is 14.0. The van der Waals surface area contributed by atoms with E-state index in [1.54, 1.807) is 0 Å². The van der Waals surface area contributed by atoms with Crippen LogP contribution in [0.2, 0.25) is 0 Å². The molecule has 0 bridgehead atoms. The van der Waals surface area contributed by atoms with Crippen LogP contribution >= 0.6 is 31.9 Å². The van der Waals surface area contributed by atoms with E-state index in [1.807, 2.05) is 26.0 Å². The van der Waals surface area contributed by atoms with Crippen molar-refractivity contribution in [3.63, 3.8) is 0 Å². The van der Waals surface area contributed by atoms with Crippen LogP contribution in [0.4, 0.5) is 17.3 Å². The molecular weight excluding hydrogens is 374 g/mol. The molecule has 1 heterocycles. The summed E-state index contributed by atoms with van der Waals surface area (Å²) < 4.78 is 1.75. The lowest BCUT2D eigenvalue weighted by Crippen LogP contribution is -2.10. The highest BCUT2D eigenvalue weighted by Crippen LogP contribution is 2.32. The maximum absolute atomic E-state index is 5.39. The highest BCUT2D eigenvalue weighted by molar-refractivity contribution is 9.11. The number of hydrazine groups is 1. The Balaban J connectivity index is 2.42. The lowest BCUT2D eigenvalue weighted by molar-refractivity contribution is 1.12. The van der Waals surface area contributed by atoms with Gasteiger partial charge in [0.1, 0.15) is 16.6 Å². The summed E-state index contributed by atoms with van der Waals surface area (Å²) in [6.45, 7) is 4.08. The highest BCUT2D eigenvalue weighted by Gasteiger charge is 2.11. The van der Waals surface area contributed by atoms with Gasteiger partial charge in [0.15, 0.2) is 5.82 Å². The molecule has 0 saturated carbocycles. The summed E-state index contributed by atoms with van der Waals surface area (Å²) in [7, 11) is 0. The molecule has 0 fully saturated rings. The van der Waals surface area contributed by atoms with Crippen LogP contribution in [-0.2, 0) is 0 Å². The van der Waals surface area contributed by atoms with Gasteiger partial charge in [0, 0.05) is 10.2 Å². The molecule has 1 aromatic carbocycles. The highest BCUT2D eigenvalue weighted by atomic mass is 79.9. The molecule has 0 saturated heterocycles. The number of halogens is 2. The van der Waals surface area contributed by atoms with Gasteiger partial charge in [-0.25, -0.2) is 15.8 Å². The Morgan fingerprint density at radius 3 is 2.21 bits per heavy atom. The summed E-state index contributed by atoms with van der Waals surface area (Å²) in [6.07, 6.45) is 1.45. The number of hydrogen-bond donors (Lipinski definition) is 3. The summed E-state index contributed by atoms with van der Waals surface area (Å²) in [6, 6.07) is 4.10. The van der Waals surface area contributed by atoms with E-state index in [-0.39, 0.29) is 0 Å². The van der Waals surface area contributed by atoms with Crippen molar-refractivity contribution in [2.45, 2.75) is 13.8 Å². The van der Waals surface area contributed by atoms with Crippen molar-refractivity contribution in [2.75, 3.05) is 10.7 Å². The summed E-state index contributed by atoms with van der Waals surface area (Å²) in [5.41, 5.74) is 5.78. The molecule has 4 N–H and O–H groups in total. The topological polar surface area (TPSA) is 75.9 Å². The first kappa shape index (κ1) is 14.2. The number of hydrogen-bond acceptors (Lipinski definition) is 5. The van der Waals surface area contributed by atoms with E-state index in [9.17, 15) is 0 Å². The molecular formula is C12H13Br2N5. The predicted octanol–water partition coefficient (Wildman–Crippen LogP) is 3.65. The predicted molar refractivity (Wildman–Crippen MR) is 84.4 cm³/mol. The van der Waals surface area contributed by atoms with E-state index in [4.69, 9.17) is 5.84 Å². The Bertz CT molecular complexity index is 592. The fraction of sp³-hybridized carbons (Fsp3) is 0.167. The molecule has 0 radical (unpaired) electrons. The quantitative estimate of drug-likeness (QED) is 0.554. The monoisotopic (exact) mass is 385 g/mol. The lowest BCUT2D eigenvalue weighted by atomic mass is 10.1. The van der Waals surface area contributed by atoms with Gasteiger partial charge >= 0.3 is 0 Å². The summed E-state index contributed by atoms with van der Waals surface area (Å²) in [5, 5.41) is 3.30. The standard InChI is InChI=1S/C12H13Br2N5/c1-6-3-8(13)4-7(2)10(6)18-11-9(14)12(19-15)17-5-16-11/h3-5H,15H2,1-2H3,(H2,16,17,18,19). The van der Waals surface area contributed by atoms with Gasteiger partial charge in [0.2, 0.25) is 0 Å². The molecule has 0 aliphatic heterocycles. The molecule has 0 aliphatic rings. The number of aryl methyl sites for hydroxylation is 2. The SMILES string of the molecule is Cc1cc(Br)cc(C)c1Nc1ncnc(NN)c1Br. The Hall–Kier alpha value is -1.18.